The number of hydrogen-bond donors (Lipinski definition) is 1. The maximum absolute atomic E-state index is 10.7. The highest BCUT2D eigenvalue weighted by atomic mass is 16.6. The van der Waals surface area contributed by atoms with E-state index < -0.39 is 0 Å². The Balaban J connectivity index is 1.92. The standard InChI is InChI=1S/C9H13NO2/c11-9-10-8(6-12-9)7-4-2-1-3-5-7/h1-2,7-8H,3-6H2,(H,10,11). The molecule has 2 atom stereocenters. The van der Waals surface area contributed by atoms with E-state index in [1.807, 2.05) is 0 Å². The summed E-state index contributed by atoms with van der Waals surface area (Å²) in [4.78, 5) is 10.7. The van der Waals surface area contributed by atoms with E-state index in [9.17, 15) is 4.79 Å². The van der Waals surface area contributed by atoms with E-state index in [0.717, 1.165) is 12.8 Å². The van der Waals surface area contributed by atoms with Crippen molar-refractivity contribution in [2.24, 2.45) is 5.92 Å². The van der Waals surface area contributed by atoms with Gasteiger partial charge in [0.15, 0.2) is 0 Å². The molecule has 66 valence electrons. The van der Waals surface area contributed by atoms with E-state index in [1.54, 1.807) is 0 Å². The number of carbonyl (C=O) groups is 1. The molecule has 1 amide bonds. The Kier molecular flexibility index (Phi) is 2.02. The Labute approximate surface area is 71.8 Å². The second kappa shape index (κ2) is 3.17. The number of rotatable bonds is 1. The fraction of sp³-hybridized carbons (Fsp3) is 0.667. The lowest BCUT2D eigenvalue weighted by atomic mass is 9.88. The molecule has 0 aromatic carbocycles. The first-order valence-corrected chi connectivity index (χ1v) is 4.44. The number of allylic oxidation sites excluding steroid dienone is 2. The normalized spacial score (nSPS) is 34.5. The zero-order valence-corrected chi connectivity index (χ0v) is 6.95. The molecule has 3 heteroatoms. The van der Waals surface area contributed by atoms with Gasteiger partial charge in [0.1, 0.15) is 6.61 Å². The molecule has 2 unspecified atom stereocenters. The highest BCUT2D eigenvalue weighted by molar-refractivity contribution is 5.69. The predicted octanol–water partition coefficient (Wildman–Crippen LogP) is 1.45. The molecule has 0 spiro atoms. The Bertz CT molecular complexity index is 211. The Morgan fingerprint density at radius 1 is 1.50 bits per heavy atom. The fourth-order valence-corrected chi connectivity index (χ4v) is 1.84. The molecular weight excluding hydrogens is 154 g/mol. The molecule has 1 heterocycles. The smallest absolute Gasteiger partial charge is 0.407 e. The molecule has 0 radical (unpaired) electrons. The molecule has 1 aliphatic carbocycles. The molecule has 1 saturated heterocycles. The number of ether oxygens (including phenoxy) is 1. The van der Waals surface area contributed by atoms with Gasteiger partial charge in [0.25, 0.3) is 0 Å². The third-order valence-electron chi connectivity index (χ3n) is 2.58. The van der Waals surface area contributed by atoms with Crippen molar-refractivity contribution in [2.45, 2.75) is 25.3 Å². The van der Waals surface area contributed by atoms with Gasteiger partial charge in [-0.05, 0) is 25.2 Å². The van der Waals surface area contributed by atoms with Gasteiger partial charge < -0.3 is 10.1 Å². The summed E-state index contributed by atoms with van der Waals surface area (Å²) in [5, 5.41) is 2.83. The first-order valence-electron chi connectivity index (χ1n) is 4.44. The second-order valence-electron chi connectivity index (χ2n) is 3.39. The van der Waals surface area contributed by atoms with Gasteiger partial charge in [-0.3, -0.25) is 0 Å². The van der Waals surface area contributed by atoms with Crippen LogP contribution in [-0.2, 0) is 4.74 Å². The first-order chi connectivity index (χ1) is 5.86. The number of amides is 1. The molecular formula is C9H13NO2. The SMILES string of the molecule is O=C1NC(C2CC=CCC2)CO1. The van der Waals surface area contributed by atoms with Crippen LogP contribution < -0.4 is 5.32 Å². The van der Waals surface area contributed by atoms with Crippen molar-refractivity contribution in [1.82, 2.24) is 5.32 Å². The van der Waals surface area contributed by atoms with Crippen molar-refractivity contribution in [3.8, 4) is 0 Å². The van der Waals surface area contributed by atoms with E-state index in [2.05, 4.69) is 17.5 Å². The molecule has 1 fully saturated rings. The monoisotopic (exact) mass is 167 g/mol. The van der Waals surface area contributed by atoms with E-state index in [-0.39, 0.29) is 12.1 Å². The summed E-state index contributed by atoms with van der Waals surface area (Å²) in [6.07, 6.45) is 7.53. The summed E-state index contributed by atoms with van der Waals surface area (Å²) in [7, 11) is 0. The Hall–Kier alpha value is -0.990. The maximum atomic E-state index is 10.7. The second-order valence-corrected chi connectivity index (χ2v) is 3.39. The zero-order chi connectivity index (χ0) is 8.39. The highest BCUT2D eigenvalue weighted by Gasteiger charge is 2.29. The molecule has 0 saturated carbocycles. The summed E-state index contributed by atoms with van der Waals surface area (Å²) < 4.78 is 4.84. The van der Waals surface area contributed by atoms with Gasteiger partial charge in [-0.15, -0.1) is 0 Å². The minimum atomic E-state index is -0.255. The van der Waals surface area contributed by atoms with Gasteiger partial charge in [0, 0.05) is 0 Å². The molecule has 0 bridgehead atoms. The van der Waals surface area contributed by atoms with E-state index in [0.29, 0.717) is 12.5 Å². The number of alkyl carbamates (subject to hydrolysis) is 1. The van der Waals surface area contributed by atoms with Gasteiger partial charge in [-0.2, -0.15) is 0 Å². The highest BCUT2D eigenvalue weighted by Crippen LogP contribution is 2.23. The minimum absolute atomic E-state index is 0.252. The van der Waals surface area contributed by atoms with Crippen molar-refractivity contribution in [3.05, 3.63) is 12.2 Å². The van der Waals surface area contributed by atoms with E-state index in [4.69, 9.17) is 4.74 Å². The molecule has 12 heavy (non-hydrogen) atoms. The molecule has 0 aromatic rings. The predicted molar refractivity (Wildman–Crippen MR) is 44.8 cm³/mol. The number of cyclic esters (lactones) is 1. The number of carbonyl (C=O) groups excluding carboxylic acids is 1. The summed E-state index contributed by atoms with van der Waals surface area (Å²) in [5.41, 5.74) is 0. The largest absolute Gasteiger partial charge is 0.447 e. The third-order valence-corrected chi connectivity index (χ3v) is 2.58. The van der Waals surface area contributed by atoms with Crippen LogP contribution >= 0.6 is 0 Å². The molecule has 1 N–H and O–H groups in total. The average molecular weight is 167 g/mol. The van der Waals surface area contributed by atoms with Crippen LogP contribution in [0.4, 0.5) is 4.79 Å². The van der Waals surface area contributed by atoms with E-state index >= 15 is 0 Å². The van der Waals surface area contributed by atoms with Crippen molar-refractivity contribution >= 4 is 6.09 Å². The van der Waals surface area contributed by atoms with E-state index in [1.165, 1.54) is 6.42 Å². The topological polar surface area (TPSA) is 38.3 Å². The molecule has 2 aliphatic rings. The quantitative estimate of drug-likeness (QED) is 0.600. The number of hydrogen-bond acceptors (Lipinski definition) is 2. The minimum Gasteiger partial charge on any atom is -0.447 e. The van der Waals surface area contributed by atoms with Gasteiger partial charge in [0.05, 0.1) is 6.04 Å². The van der Waals surface area contributed by atoms with Gasteiger partial charge in [0.2, 0.25) is 0 Å². The molecule has 2 rings (SSSR count). The van der Waals surface area contributed by atoms with Crippen LogP contribution in [0, 0.1) is 5.92 Å². The van der Waals surface area contributed by atoms with Crippen molar-refractivity contribution in [3.63, 3.8) is 0 Å². The first kappa shape index (κ1) is 7.65. The van der Waals surface area contributed by atoms with Crippen LogP contribution in [0.3, 0.4) is 0 Å². The fourth-order valence-electron chi connectivity index (χ4n) is 1.84. The summed E-state index contributed by atoms with van der Waals surface area (Å²) in [5.74, 6) is 0.585. The lowest BCUT2D eigenvalue weighted by Gasteiger charge is -2.22. The lowest BCUT2D eigenvalue weighted by Crippen LogP contribution is -2.34. The van der Waals surface area contributed by atoms with Crippen molar-refractivity contribution < 1.29 is 9.53 Å². The van der Waals surface area contributed by atoms with Gasteiger partial charge >= 0.3 is 6.09 Å². The van der Waals surface area contributed by atoms with Crippen LogP contribution in [-0.4, -0.2) is 18.7 Å². The maximum Gasteiger partial charge on any atom is 0.407 e. The Morgan fingerprint density at radius 2 is 2.42 bits per heavy atom. The van der Waals surface area contributed by atoms with Crippen LogP contribution in [0.1, 0.15) is 19.3 Å². The summed E-state index contributed by atoms with van der Waals surface area (Å²) in [6.45, 7) is 0.553. The van der Waals surface area contributed by atoms with Crippen molar-refractivity contribution in [2.75, 3.05) is 6.61 Å². The lowest BCUT2D eigenvalue weighted by molar-refractivity contribution is 0.174. The molecule has 0 aromatic heterocycles. The summed E-state index contributed by atoms with van der Waals surface area (Å²) >= 11 is 0. The average Bonchev–Trinajstić information content (AvgIpc) is 2.54. The van der Waals surface area contributed by atoms with Crippen LogP contribution in [0.2, 0.25) is 0 Å². The zero-order valence-electron chi connectivity index (χ0n) is 6.95. The van der Waals surface area contributed by atoms with Crippen molar-refractivity contribution in [1.29, 1.82) is 0 Å². The molecule has 3 nitrogen and oxygen atoms in total. The van der Waals surface area contributed by atoms with Crippen LogP contribution in [0.15, 0.2) is 12.2 Å². The van der Waals surface area contributed by atoms with Gasteiger partial charge in [-0.25, -0.2) is 4.79 Å². The third kappa shape index (κ3) is 1.44. The van der Waals surface area contributed by atoms with Crippen LogP contribution in [0.25, 0.3) is 0 Å². The van der Waals surface area contributed by atoms with Gasteiger partial charge in [-0.1, -0.05) is 12.2 Å². The molecule has 1 aliphatic heterocycles. The Morgan fingerprint density at radius 3 is 3.00 bits per heavy atom. The van der Waals surface area contributed by atoms with Crippen LogP contribution in [0.5, 0.6) is 0 Å². The number of nitrogens with one attached hydrogen (secondary N) is 1. The summed E-state index contributed by atoms with van der Waals surface area (Å²) in [6, 6.07) is 0.252.